The van der Waals surface area contributed by atoms with Gasteiger partial charge in [0.2, 0.25) is 0 Å². The average Bonchev–Trinajstić information content (AvgIpc) is 2.72. The minimum absolute atomic E-state index is 0.139. The van der Waals surface area contributed by atoms with Gasteiger partial charge in [-0.2, -0.15) is 4.80 Å². The molecule has 2 atom stereocenters. The van der Waals surface area contributed by atoms with Crippen molar-refractivity contribution in [1.82, 2.24) is 25.5 Å². The van der Waals surface area contributed by atoms with Crippen LogP contribution in [-0.2, 0) is 23.3 Å². The zero-order chi connectivity index (χ0) is 13.2. The molecule has 1 N–H and O–H groups in total. The molecule has 2 unspecified atom stereocenters. The van der Waals surface area contributed by atoms with Crippen LogP contribution in [0, 0.1) is 0 Å². The summed E-state index contributed by atoms with van der Waals surface area (Å²) in [6, 6.07) is -0.139. The van der Waals surface area contributed by atoms with Gasteiger partial charge in [0.1, 0.15) is 0 Å². The fraction of sp³-hybridized carbons (Fsp3) is 0.900. The summed E-state index contributed by atoms with van der Waals surface area (Å²) in [6.45, 7) is 0. The molecule has 0 bridgehead atoms. The number of hydrogen-bond acceptors (Lipinski definition) is 6. The van der Waals surface area contributed by atoms with Crippen LogP contribution in [0.15, 0.2) is 0 Å². The molecule has 2 heterocycles. The van der Waals surface area contributed by atoms with E-state index < -0.39 is 9.84 Å². The Hall–Kier alpha value is -1.02. The Morgan fingerprint density at radius 3 is 2.83 bits per heavy atom. The summed E-state index contributed by atoms with van der Waals surface area (Å²) in [4.78, 5) is 1.39. The Morgan fingerprint density at radius 2 is 2.28 bits per heavy atom. The zero-order valence-electron chi connectivity index (χ0n) is 10.7. The Morgan fingerprint density at radius 1 is 1.50 bits per heavy atom. The Labute approximate surface area is 107 Å². The number of rotatable bonds is 4. The van der Waals surface area contributed by atoms with Gasteiger partial charge in [-0.3, -0.25) is 0 Å². The van der Waals surface area contributed by atoms with Crippen LogP contribution in [0.5, 0.6) is 0 Å². The number of likely N-dealkylation sites (N-methyl/N-ethyl adjacent to an activating group) is 1. The molecular weight excluding hydrogens is 254 g/mol. The molecule has 1 aromatic rings. The lowest BCUT2D eigenvalue weighted by atomic mass is 10.0. The first-order valence-electron chi connectivity index (χ1n) is 6.14. The van der Waals surface area contributed by atoms with Crippen molar-refractivity contribution in [1.29, 1.82) is 0 Å². The van der Waals surface area contributed by atoms with E-state index in [0.717, 1.165) is 12.8 Å². The van der Waals surface area contributed by atoms with E-state index in [9.17, 15) is 8.42 Å². The van der Waals surface area contributed by atoms with Crippen LogP contribution in [0.25, 0.3) is 0 Å². The van der Waals surface area contributed by atoms with Gasteiger partial charge in [-0.15, -0.1) is 10.2 Å². The summed E-state index contributed by atoms with van der Waals surface area (Å²) in [7, 11) is 0.486. The molecule has 0 saturated carbocycles. The Balaban J connectivity index is 2.12. The molecular formula is C10H19N5O2S. The van der Waals surface area contributed by atoms with Gasteiger partial charge in [0, 0.05) is 12.5 Å². The van der Waals surface area contributed by atoms with Crippen LogP contribution in [0.3, 0.4) is 0 Å². The summed E-state index contributed by atoms with van der Waals surface area (Å²) in [5.74, 6) is 0.877. The first-order chi connectivity index (χ1) is 8.53. The average molecular weight is 273 g/mol. The second-order valence-corrected chi connectivity index (χ2v) is 7.04. The fourth-order valence-electron chi connectivity index (χ4n) is 2.45. The number of sulfone groups is 1. The molecule has 1 fully saturated rings. The standard InChI is InChI=1S/C10H19N5O2S/c1-11-8(7-10-12-14-15(2)13-10)9-5-3-4-6-18(9,16)17/h8-9,11H,3-7H2,1-2H3. The highest BCUT2D eigenvalue weighted by Gasteiger charge is 2.35. The fourth-order valence-corrected chi connectivity index (χ4v) is 4.62. The van der Waals surface area contributed by atoms with Crippen LogP contribution in [0.4, 0.5) is 0 Å². The van der Waals surface area contributed by atoms with Crippen molar-refractivity contribution in [2.75, 3.05) is 12.8 Å². The third-order valence-electron chi connectivity index (χ3n) is 3.40. The minimum atomic E-state index is -2.99. The van der Waals surface area contributed by atoms with Gasteiger partial charge in [0.15, 0.2) is 15.7 Å². The maximum atomic E-state index is 12.1. The predicted octanol–water partition coefficient (Wildman–Crippen LogP) is -0.692. The molecule has 0 radical (unpaired) electrons. The highest BCUT2D eigenvalue weighted by molar-refractivity contribution is 7.92. The highest BCUT2D eigenvalue weighted by Crippen LogP contribution is 2.23. The molecule has 18 heavy (non-hydrogen) atoms. The van der Waals surface area contributed by atoms with Crippen LogP contribution in [0.1, 0.15) is 25.1 Å². The van der Waals surface area contributed by atoms with Gasteiger partial charge >= 0.3 is 0 Å². The number of hydrogen-bond donors (Lipinski definition) is 1. The summed E-state index contributed by atoms with van der Waals surface area (Å²) in [5, 5.41) is 14.5. The molecule has 7 nitrogen and oxygen atoms in total. The van der Waals surface area contributed by atoms with Crippen molar-refractivity contribution in [3.05, 3.63) is 5.82 Å². The molecule has 2 rings (SSSR count). The number of nitrogens with one attached hydrogen (secondary N) is 1. The van der Waals surface area contributed by atoms with Crippen molar-refractivity contribution >= 4 is 9.84 Å². The van der Waals surface area contributed by atoms with E-state index in [1.54, 1.807) is 14.1 Å². The molecule has 1 aliphatic rings. The second-order valence-electron chi connectivity index (χ2n) is 4.70. The van der Waals surface area contributed by atoms with Gasteiger partial charge < -0.3 is 5.32 Å². The first-order valence-corrected chi connectivity index (χ1v) is 7.86. The maximum Gasteiger partial charge on any atom is 0.176 e. The summed E-state index contributed by atoms with van der Waals surface area (Å²) < 4.78 is 24.2. The lowest BCUT2D eigenvalue weighted by Crippen LogP contribution is -2.46. The number of tetrazole rings is 1. The van der Waals surface area contributed by atoms with E-state index in [0.29, 0.717) is 24.4 Å². The number of aryl methyl sites for hydroxylation is 1. The smallest absolute Gasteiger partial charge is 0.176 e. The van der Waals surface area contributed by atoms with E-state index in [-0.39, 0.29) is 11.3 Å². The SMILES string of the molecule is CNC(Cc1nnn(C)n1)C1CCCCS1(=O)=O. The molecule has 102 valence electrons. The largest absolute Gasteiger partial charge is 0.315 e. The monoisotopic (exact) mass is 273 g/mol. The number of nitrogens with zero attached hydrogens (tertiary/aromatic N) is 4. The first kappa shape index (κ1) is 13.4. The summed E-state index contributed by atoms with van der Waals surface area (Å²) in [6.07, 6.45) is 2.96. The van der Waals surface area contributed by atoms with Crippen LogP contribution < -0.4 is 5.32 Å². The van der Waals surface area contributed by atoms with Crippen molar-refractivity contribution in [2.24, 2.45) is 7.05 Å². The third kappa shape index (κ3) is 2.86. The molecule has 0 amide bonds. The molecule has 1 aliphatic heterocycles. The summed E-state index contributed by atoms with van der Waals surface area (Å²) >= 11 is 0. The quantitative estimate of drug-likeness (QED) is 0.781. The van der Waals surface area contributed by atoms with Gasteiger partial charge in [-0.05, 0) is 25.1 Å². The normalized spacial score (nSPS) is 24.9. The van der Waals surface area contributed by atoms with Crippen molar-refractivity contribution in [3.63, 3.8) is 0 Å². The second kappa shape index (κ2) is 5.31. The minimum Gasteiger partial charge on any atom is -0.315 e. The maximum absolute atomic E-state index is 12.1. The van der Waals surface area contributed by atoms with Gasteiger partial charge in [0.05, 0.1) is 18.1 Å². The Bertz CT molecular complexity index is 498. The summed E-state index contributed by atoms with van der Waals surface area (Å²) in [5.41, 5.74) is 0. The lowest BCUT2D eigenvalue weighted by molar-refractivity contribution is 0.450. The van der Waals surface area contributed by atoms with Crippen molar-refractivity contribution in [3.8, 4) is 0 Å². The van der Waals surface area contributed by atoms with Crippen molar-refractivity contribution in [2.45, 2.75) is 37.0 Å². The zero-order valence-corrected chi connectivity index (χ0v) is 11.5. The van der Waals surface area contributed by atoms with E-state index >= 15 is 0 Å². The van der Waals surface area contributed by atoms with Crippen LogP contribution in [0.2, 0.25) is 0 Å². The number of aromatic nitrogens is 4. The molecule has 1 aromatic heterocycles. The van der Waals surface area contributed by atoms with Gasteiger partial charge in [-0.25, -0.2) is 8.42 Å². The topological polar surface area (TPSA) is 89.8 Å². The molecule has 0 spiro atoms. The molecule has 0 aliphatic carbocycles. The van der Waals surface area contributed by atoms with Crippen LogP contribution >= 0.6 is 0 Å². The van der Waals surface area contributed by atoms with Crippen molar-refractivity contribution < 1.29 is 8.42 Å². The van der Waals surface area contributed by atoms with Gasteiger partial charge in [0.25, 0.3) is 0 Å². The third-order valence-corrected chi connectivity index (χ3v) is 5.75. The predicted molar refractivity (Wildman–Crippen MR) is 66.8 cm³/mol. The van der Waals surface area contributed by atoms with E-state index in [4.69, 9.17) is 0 Å². The van der Waals surface area contributed by atoms with E-state index in [1.165, 1.54) is 4.80 Å². The molecule has 8 heteroatoms. The lowest BCUT2D eigenvalue weighted by Gasteiger charge is -2.29. The van der Waals surface area contributed by atoms with E-state index in [2.05, 4.69) is 20.7 Å². The van der Waals surface area contributed by atoms with Crippen LogP contribution in [-0.4, -0.2) is 52.7 Å². The highest BCUT2D eigenvalue weighted by atomic mass is 32.2. The molecule has 0 aromatic carbocycles. The molecule has 1 saturated heterocycles. The van der Waals surface area contributed by atoms with E-state index in [1.807, 2.05) is 0 Å². The van der Waals surface area contributed by atoms with Gasteiger partial charge in [-0.1, -0.05) is 6.42 Å². The Kier molecular flexibility index (Phi) is 3.96.